The average molecular weight is 418 g/mol. The molecule has 0 aliphatic carbocycles. The lowest BCUT2D eigenvalue weighted by Gasteiger charge is -2.26. The Morgan fingerprint density at radius 1 is 1.03 bits per heavy atom. The van der Waals surface area contributed by atoms with Crippen LogP contribution in [0.3, 0.4) is 0 Å². The van der Waals surface area contributed by atoms with E-state index < -0.39 is 5.92 Å². The van der Waals surface area contributed by atoms with Gasteiger partial charge in [-0.1, -0.05) is 42.5 Å². The standard InChI is InChI=1S/C23H28ClNO4/c1-18(26)22(12-13-24)23(27)25(16-19-8-10-21(28-2)11-9-19)14-15-29-17-20-6-4-3-5-7-20/h3-11,22H,12-17H2,1-2H3. The lowest BCUT2D eigenvalue weighted by atomic mass is 10.00. The highest BCUT2D eigenvalue weighted by molar-refractivity contribution is 6.18. The topological polar surface area (TPSA) is 55.8 Å². The number of alkyl halides is 1. The molecule has 2 aromatic carbocycles. The molecule has 6 heteroatoms. The van der Waals surface area contributed by atoms with Gasteiger partial charge in [-0.05, 0) is 36.6 Å². The van der Waals surface area contributed by atoms with Crippen LogP contribution < -0.4 is 4.74 Å². The zero-order valence-electron chi connectivity index (χ0n) is 17.0. The van der Waals surface area contributed by atoms with E-state index in [-0.39, 0.29) is 17.6 Å². The van der Waals surface area contributed by atoms with E-state index in [9.17, 15) is 9.59 Å². The summed E-state index contributed by atoms with van der Waals surface area (Å²) in [4.78, 5) is 26.7. The van der Waals surface area contributed by atoms with Gasteiger partial charge in [-0.3, -0.25) is 9.59 Å². The highest BCUT2D eigenvalue weighted by Crippen LogP contribution is 2.17. The van der Waals surface area contributed by atoms with Gasteiger partial charge in [0.25, 0.3) is 0 Å². The number of carbonyl (C=O) groups excluding carboxylic acids is 2. The van der Waals surface area contributed by atoms with E-state index in [0.29, 0.717) is 32.7 Å². The SMILES string of the molecule is COc1ccc(CN(CCOCc2ccccc2)C(=O)C(CCCl)C(C)=O)cc1. The molecule has 0 spiro atoms. The monoisotopic (exact) mass is 417 g/mol. The minimum atomic E-state index is -0.722. The van der Waals surface area contributed by atoms with Crippen LogP contribution in [0.25, 0.3) is 0 Å². The Balaban J connectivity index is 2.04. The number of methoxy groups -OCH3 is 1. The molecule has 0 aliphatic rings. The van der Waals surface area contributed by atoms with E-state index in [2.05, 4.69) is 0 Å². The van der Waals surface area contributed by atoms with E-state index in [1.807, 2.05) is 54.6 Å². The maximum atomic E-state index is 13.0. The van der Waals surface area contributed by atoms with E-state index >= 15 is 0 Å². The van der Waals surface area contributed by atoms with Crippen LogP contribution in [-0.2, 0) is 27.5 Å². The molecule has 0 fully saturated rings. The lowest BCUT2D eigenvalue weighted by Crippen LogP contribution is -2.40. The summed E-state index contributed by atoms with van der Waals surface area (Å²) < 4.78 is 10.9. The Morgan fingerprint density at radius 2 is 1.72 bits per heavy atom. The maximum Gasteiger partial charge on any atom is 0.233 e. The minimum absolute atomic E-state index is 0.166. The first kappa shape index (κ1) is 22.9. The number of halogens is 1. The lowest BCUT2D eigenvalue weighted by molar-refractivity contribution is -0.142. The molecule has 0 bridgehead atoms. The van der Waals surface area contributed by atoms with Crippen LogP contribution >= 0.6 is 11.6 Å². The predicted molar refractivity (Wildman–Crippen MR) is 114 cm³/mol. The third-order valence-electron chi connectivity index (χ3n) is 4.65. The summed E-state index contributed by atoms with van der Waals surface area (Å²) in [5.74, 6) is -0.0871. The van der Waals surface area contributed by atoms with Gasteiger partial charge >= 0.3 is 0 Å². The van der Waals surface area contributed by atoms with Crippen molar-refractivity contribution < 1.29 is 19.1 Å². The normalized spacial score (nSPS) is 11.7. The average Bonchev–Trinajstić information content (AvgIpc) is 2.74. The number of ketones is 1. The van der Waals surface area contributed by atoms with Gasteiger partial charge in [-0.15, -0.1) is 11.6 Å². The molecule has 0 aromatic heterocycles. The number of hydrogen-bond donors (Lipinski definition) is 0. The van der Waals surface area contributed by atoms with Crippen LogP contribution in [0.2, 0.25) is 0 Å². The molecule has 1 atom stereocenters. The summed E-state index contributed by atoms with van der Waals surface area (Å²) in [6.45, 7) is 3.07. The second-order valence-corrected chi connectivity index (χ2v) is 7.16. The summed E-state index contributed by atoms with van der Waals surface area (Å²) in [6.07, 6.45) is 0.333. The quantitative estimate of drug-likeness (QED) is 0.296. The summed E-state index contributed by atoms with van der Waals surface area (Å²) in [7, 11) is 1.61. The molecule has 1 unspecified atom stereocenters. The molecule has 0 heterocycles. The molecule has 29 heavy (non-hydrogen) atoms. The van der Waals surface area contributed by atoms with Gasteiger partial charge in [0.2, 0.25) is 5.91 Å². The molecule has 0 saturated carbocycles. The fourth-order valence-electron chi connectivity index (χ4n) is 2.99. The van der Waals surface area contributed by atoms with Gasteiger partial charge in [0.05, 0.1) is 26.2 Å². The summed E-state index contributed by atoms with van der Waals surface area (Å²) >= 11 is 5.82. The Morgan fingerprint density at radius 3 is 2.31 bits per heavy atom. The first-order chi connectivity index (χ1) is 14.0. The van der Waals surface area contributed by atoms with Crippen molar-refractivity contribution in [2.45, 2.75) is 26.5 Å². The van der Waals surface area contributed by atoms with Crippen LogP contribution in [0, 0.1) is 5.92 Å². The Labute approximate surface area is 177 Å². The molecular formula is C23H28ClNO4. The molecule has 1 amide bonds. The molecule has 0 saturated heterocycles. The maximum absolute atomic E-state index is 13.0. The van der Waals surface area contributed by atoms with Crippen LogP contribution in [0.15, 0.2) is 54.6 Å². The van der Waals surface area contributed by atoms with E-state index in [1.165, 1.54) is 6.92 Å². The number of nitrogens with zero attached hydrogens (tertiary/aromatic N) is 1. The van der Waals surface area contributed by atoms with Crippen molar-refractivity contribution in [1.29, 1.82) is 0 Å². The molecule has 5 nitrogen and oxygen atoms in total. The third kappa shape index (κ3) is 7.52. The van der Waals surface area contributed by atoms with Gasteiger partial charge in [0, 0.05) is 19.0 Å². The van der Waals surface area contributed by atoms with Crippen molar-refractivity contribution in [3.63, 3.8) is 0 Å². The fourth-order valence-corrected chi connectivity index (χ4v) is 3.21. The van der Waals surface area contributed by atoms with Gasteiger partial charge in [-0.25, -0.2) is 0 Å². The number of carbonyl (C=O) groups is 2. The van der Waals surface area contributed by atoms with Gasteiger partial charge in [-0.2, -0.15) is 0 Å². The molecule has 2 rings (SSSR count). The molecular weight excluding hydrogens is 390 g/mol. The van der Waals surface area contributed by atoms with Crippen molar-refractivity contribution >= 4 is 23.3 Å². The highest BCUT2D eigenvalue weighted by Gasteiger charge is 2.27. The molecule has 156 valence electrons. The van der Waals surface area contributed by atoms with Crippen molar-refractivity contribution in [2.24, 2.45) is 5.92 Å². The molecule has 0 radical (unpaired) electrons. The number of benzene rings is 2. The second kappa shape index (κ2) is 12.2. The fraction of sp³-hybridized carbons (Fsp3) is 0.391. The third-order valence-corrected chi connectivity index (χ3v) is 4.87. The van der Waals surface area contributed by atoms with Gasteiger partial charge in [0.15, 0.2) is 0 Å². The van der Waals surface area contributed by atoms with Crippen LogP contribution in [0.1, 0.15) is 24.5 Å². The van der Waals surface area contributed by atoms with E-state index in [1.54, 1.807) is 12.0 Å². The zero-order valence-corrected chi connectivity index (χ0v) is 17.7. The van der Waals surface area contributed by atoms with Gasteiger partial charge < -0.3 is 14.4 Å². The first-order valence-electron chi connectivity index (χ1n) is 9.65. The number of ether oxygens (including phenoxy) is 2. The van der Waals surface area contributed by atoms with Crippen molar-refractivity contribution in [3.05, 3.63) is 65.7 Å². The summed E-state index contributed by atoms with van der Waals surface area (Å²) in [5, 5.41) is 0. The Hall–Kier alpha value is -2.37. The predicted octanol–water partition coefficient (Wildman–Crippen LogP) is 4.07. The van der Waals surface area contributed by atoms with E-state index in [4.69, 9.17) is 21.1 Å². The van der Waals surface area contributed by atoms with Gasteiger partial charge in [0.1, 0.15) is 11.5 Å². The number of amides is 1. The van der Waals surface area contributed by atoms with Crippen LogP contribution in [-0.4, -0.2) is 42.7 Å². The molecule has 0 aliphatic heterocycles. The van der Waals surface area contributed by atoms with Crippen molar-refractivity contribution in [1.82, 2.24) is 4.90 Å². The Bertz CT molecular complexity index is 764. The second-order valence-electron chi connectivity index (χ2n) is 6.79. The van der Waals surface area contributed by atoms with Crippen LogP contribution in [0.4, 0.5) is 0 Å². The zero-order chi connectivity index (χ0) is 21.1. The first-order valence-corrected chi connectivity index (χ1v) is 10.2. The minimum Gasteiger partial charge on any atom is -0.497 e. The Kier molecular flexibility index (Phi) is 9.68. The van der Waals surface area contributed by atoms with E-state index in [0.717, 1.165) is 16.9 Å². The number of hydrogen-bond acceptors (Lipinski definition) is 4. The highest BCUT2D eigenvalue weighted by atomic mass is 35.5. The van der Waals surface area contributed by atoms with Crippen LogP contribution in [0.5, 0.6) is 5.75 Å². The van der Waals surface area contributed by atoms with Crippen molar-refractivity contribution in [3.8, 4) is 5.75 Å². The summed E-state index contributed by atoms with van der Waals surface area (Å²) in [5.41, 5.74) is 2.03. The molecule has 2 aromatic rings. The number of rotatable bonds is 12. The smallest absolute Gasteiger partial charge is 0.233 e. The summed E-state index contributed by atoms with van der Waals surface area (Å²) in [6, 6.07) is 17.4. The molecule has 0 N–H and O–H groups in total. The largest absolute Gasteiger partial charge is 0.497 e. The van der Waals surface area contributed by atoms with Crippen molar-refractivity contribution in [2.75, 3.05) is 26.1 Å². The number of Topliss-reactive ketones (excluding diaryl/α,β-unsaturated/α-hetero) is 1.